The van der Waals surface area contributed by atoms with E-state index in [4.69, 9.17) is 19.6 Å². The fourth-order valence-electron chi connectivity index (χ4n) is 2.93. The van der Waals surface area contributed by atoms with Gasteiger partial charge >= 0.3 is 11.9 Å². The second-order valence-corrected chi connectivity index (χ2v) is 10.8. The van der Waals surface area contributed by atoms with E-state index >= 15 is 0 Å². The van der Waals surface area contributed by atoms with Gasteiger partial charge in [-0.2, -0.15) is 9.78 Å². The number of ketones is 1. The maximum Gasteiger partial charge on any atom is 0.373 e. The number of benzene rings is 2. The van der Waals surface area contributed by atoms with E-state index in [2.05, 4.69) is 13.8 Å². The third kappa shape index (κ3) is 9.26. The highest BCUT2D eigenvalue weighted by Gasteiger charge is 2.21. The molecule has 0 amide bonds. The SMILES string of the molecule is CC(C)CCc1cc(C(=O)OOC(C)(C)C)ccc1C(=O)c1ccc(C(=O)OOC(C)(C)C)cc1. The lowest BCUT2D eigenvalue weighted by Crippen LogP contribution is -2.22. The fourth-order valence-corrected chi connectivity index (χ4v) is 2.93. The van der Waals surface area contributed by atoms with Crippen molar-refractivity contribution in [1.29, 1.82) is 0 Å². The molecule has 0 saturated heterocycles. The van der Waals surface area contributed by atoms with E-state index in [1.807, 2.05) is 0 Å². The second-order valence-electron chi connectivity index (χ2n) is 10.8. The van der Waals surface area contributed by atoms with Crippen LogP contribution in [0.1, 0.15) is 104 Å². The van der Waals surface area contributed by atoms with Crippen LogP contribution >= 0.6 is 0 Å². The summed E-state index contributed by atoms with van der Waals surface area (Å²) in [6.07, 6.45) is 1.46. The van der Waals surface area contributed by atoms with E-state index in [0.29, 0.717) is 29.0 Å². The molecule has 0 aliphatic rings. The molecule has 2 aromatic rings. The highest BCUT2D eigenvalue weighted by molar-refractivity contribution is 6.10. The normalized spacial score (nSPS) is 11.9. The number of hydrogen-bond donors (Lipinski definition) is 0. The first-order valence-corrected chi connectivity index (χ1v) is 11.7. The lowest BCUT2D eigenvalue weighted by atomic mass is 9.92. The fraction of sp³-hybridized carbons (Fsp3) is 0.464. The molecule has 0 aromatic heterocycles. The topological polar surface area (TPSA) is 88.1 Å². The van der Waals surface area contributed by atoms with Gasteiger partial charge in [-0.05, 0) is 96.2 Å². The Labute approximate surface area is 207 Å². The molecule has 0 saturated carbocycles. The van der Waals surface area contributed by atoms with Crippen molar-refractivity contribution >= 4 is 17.7 Å². The summed E-state index contributed by atoms with van der Waals surface area (Å²) in [7, 11) is 0. The Bertz CT molecular complexity index is 1040. The first-order chi connectivity index (χ1) is 16.2. The van der Waals surface area contributed by atoms with Crippen molar-refractivity contribution in [3.63, 3.8) is 0 Å². The van der Waals surface area contributed by atoms with Gasteiger partial charge in [0.1, 0.15) is 11.2 Å². The Morgan fingerprint density at radius 1 is 0.714 bits per heavy atom. The Hall–Kier alpha value is -3.03. The van der Waals surface area contributed by atoms with E-state index in [1.165, 1.54) is 12.1 Å². The van der Waals surface area contributed by atoms with Gasteiger partial charge in [0, 0.05) is 11.1 Å². The maximum atomic E-state index is 13.3. The van der Waals surface area contributed by atoms with Crippen LogP contribution in [-0.2, 0) is 26.0 Å². The van der Waals surface area contributed by atoms with Crippen LogP contribution < -0.4 is 0 Å². The molecule has 0 N–H and O–H groups in total. The molecule has 0 spiro atoms. The van der Waals surface area contributed by atoms with E-state index in [0.717, 1.165) is 12.0 Å². The molecule has 0 unspecified atom stereocenters. The van der Waals surface area contributed by atoms with Crippen molar-refractivity contribution in [2.75, 3.05) is 0 Å². The van der Waals surface area contributed by atoms with E-state index in [1.54, 1.807) is 71.9 Å². The molecule has 7 heteroatoms. The van der Waals surface area contributed by atoms with Crippen molar-refractivity contribution in [3.8, 4) is 0 Å². The minimum atomic E-state index is -0.642. The van der Waals surface area contributed by atoms with Gasteiger partial charge in [0.15, 0.2) is 5.78 Å². The van der Waals surface area contributed by atoms with Gasteiger partial charge in [-0.15, -0.1) is 0 Å². The third-order valence-electron chi connectivity index (χ3n) is 4.69. The number of carbonyl (C=O) groups is 3. The molecule has 0 bridgehead atoms. The van der Waals surface area contributed by atoms with Crippen LogP contribution in [0.25, 0.3) is 0 Å². The molecule has 35 heavy (non-hydrogen) atoms. The summed E-state index contributed by atoms with van der Waals surface area (Å²) < 4.78 is 0. The van der Waals surface area contributed by atoms with Gasteiger partial charge < -0.3 is 0 Å². The summed E-state index contributed by atoms with van der Waals surface area (Å²) in [4.78, 5) is 57.9. The minimum absolute atomic E-state index is 0.208. The summed E-state index contributed by atoms with van der Waals surface area (Å²) in [5.41, 5.74) is 0.958. The predicted octanol–water partition coefficient (Wildman–Crippen LogP) is 6.28. The Kier molecular flexibility index (Phi) is 9.35. The zero-order chi connectivity index (χ0) is 26.4. The minimum Gasteiger partial charge on any atom is -0.292 e. The lowest BCUT2D eigenvalue weighted by molar-refractivity contribution is -0.301. The zero-order valence-corrected chi connectivity index (χ0v) is 21.9. The molecular weight excluding hydrogens is 448 g/mol. The Morgan fingerprint density at radius 3 is 1.66 bits per heavy atom. The van der Waals surface area contributed by atoms with Crippen LogP contribution in [0.5, 0.6) is 0 Å². The summed E-state index contributed by atoms with van der Waals surface area (Å²) in [6.45, 7) is 14.8. The summed E-state index contributed by atoms with van der Waals surface area (Å²) in [5.74, 6) is -1.05. The number of aryl methyl sites for hydroxylation is 1. The highest BCUT2D eigenvalue weighted by Crippen LogP contribution is 2.22. The summed E-state index contributed by atoms with van der Waals surface area (Å²) in [5, 5.41) is 0. The van der Waals surface area contributed by atoms with Gasteiger partial charge in [-0.25, -0.2) is 9.59 Å². The predicted molar refractivity (Wildman–Crippen MR) is 132 cm³/mol. The molecule has 2 aromatic carbocycles. The maximum absolute atomic E-state index is 13.3. The molecule has 0 heterocycles. The Morgan fingerprint density at radius 2 is 1.17 bits per heavy atom. The Balaban J connectivity index is 2.26. The molecule has 190 valence electrons. The van der Waals surface area contributed by atoms with Crippen molar-refractivity contribution in [2.45, 2.75) is 79.4 Å². The summed E-state index contributed by atoms with van der Waals surface area (Å²) >= 11 is 0. The molecule has 0 atom stereocenters. The standard InChI is InChI=1S/C28H36O7/c1-18(2)9-10-21-17-22(26(31)33-35-28(6,7)8)15-16-23(21)24(29)19-11-13-20(14-12-19)25(30)32-34-27(3,4)5/h11-18H,9-10H2,1-8H3. The first kappa shape index (κ1) is 28.2. The lowest BCUT2D eigenvalue weighted by Gasteiger charge is -2.17. The van der Waals surface area contributed by atoms with Gasteiger partial charge in [0.05, 0.1) is 11.1 Å². The number of rotatable bonds is 9. The van der Waals surface area contributed by atoms with Gasteiger partial charge in [0.25, 0.3) is 0 Å². The molecule has 0 aliphatic heterocycles. The molecular formula is C28H36O7. The van der Waals surface area contributed by atoms with Gasteiger partial charge in [0.2, 0.25) is 0 Å². The average Bonchev–Trinajstić information content (AvgIpc) is 2.78. The first-order valence-electron chi connectivity index (χ1n) is 11.7. The molecule has 0 fully saturated rings. The van der Waals surface area contributed by atoms with Crippen molar-refractivity contribution < 1.29 is 33.9 Å². The number of carbonyl (C=O) groups excluding carboxylic acids is 3. The van der Waals surface area contributed by atoms with Crippen LogP contribution in [-0.4, -0.2) is 28.9 Å². The number of hydrogen-bond acceptors (Lipinski definition) is 7. The molecule has 0 aliphatic carbocycles. The second kappa shape index (κ2) is 11.6. The van der Waals surface area contributed by atoms with Crippen molar-refractivity contribution in [2.24, 2.45) is 5.92 Å². The van der Waals surface area contributed by atoms with Crippen molar-refractivity contribution in [3.05, 3.63) is 70.3 Å². The zero-order valence-electron chi connectivity index (χ0n) is 21.9. The van der Waals surface area contributed by atoms with E-state index < -0.39 is 23.1 Å². The highest BCUT2D eigenvalue weighted by atomic mass is 17.2. The summed E-state index contributed by atoms with van der Waals surface area (Å²) in [6, 6.07) is 11.0. The molecule has 0 radical (unpaired) electrons. The molecule has 2 rings (SSSR count). The smallest absolute Gasteiger partial charge is 0.292 e. The van der Waals surface area contributed by atoms with Crippen LogP contribution in [0.15, 0.2) is 42.5 Å². The monoisotopic (exact) mass is 484 g/mol. The van der Waals surface area contributed by atoms with Crippen LogP contribution in [0.2, 0.25) is 0 Å². The van der Waals surface area contributed by atoms with Gasteiger partial charge in [-0.3, -0.25) is 14.6 Å². The van der Waals surface area contributed by atoms with E-state index in [9.17, 15) is 14.4 Å². The van der Waals surface area contributed by atoms with Crippen LogP contribution in [0, 0.1) is 5.92 Å². The van der Waals surface area contributed by atoms with Crippen LogP contribution in [0.4, 0.5) is 0 Å². The van der Waals surface area contributed by atoms with E-state index in [-0.39, 0.29) is 11.3 Å². The van der Waals surface area contributed by atoms with Crippen molar-refractivity contribution in [1.82, 2.24) is 0 Å². The quantitative estimate of drug-likeness (QED) is 0.235. The van der Waals surface area contributed by atoms with Gasteiger partial charge in [-0.1, -0.05) is 26.0 Å². The third-order valence-corrected chi connectivity index (χ3v) is 4.69. The molecule has 7 nitrogen and oxygen atoms in total. The largest absolute Gasteiger partial charge is 0.373 e. The average molecular weight is 485 g/mol. The van der Waals surface area contributed by atoms with Crippen LogP contribution in [0.3, 0.4) is 0 Å².